The highest BCUT2D eigenvalue weighted by Gasteiger charge is 2.20. The van der Waals surface area contributed by atoms with Crippen LogP contribution in [-0.4, -0.2) is 11.8 Å². The molecule has 2 nitrogen and oxygen atoms in total. The standard InChI is InChI=1S/C14H21NO/c1-5-10(2)14(12(4)16)15-13-9-7-6-8-11(13)3/h6-10,14-15H,5H2,1-4H3/t10-,14?/m0/s1. The first-order chi connectivity index (χ1) is 7.56. The summed E-state index contributed by atoms with van der Waals surface area (Å²) < 4.78 is 0. The van der Waals surface area contributed by atoms with Crippen molar-refractivity contribution in [3.8, 4) is 0 Å². The maximum absolute atomic E-state index is 11.6. The third-order valence-corrected chi connectivity index (χ3v) is 3.11. The van der Waals surface area contributed by atoms with Crippen molar-refractivity contribution in [3.63, 3.8) is 0 Å². The van der Waals surface area contributed by atoms with Gasteiger partial charge in [0.15, 0.2) is 5.78 Å². The Morgan fingerprint density at radius 1 is 1.38 bits per heavy atom. The number of aryl methyl sites for hydroxylation is 1. The molecule has 1 N–H and O–H groups in total. The zero-order valence-corrected chi connectivity index (χ0v) is 10.6. The van der Waals surface area contributed by atoms with Crippen LogP contribution in [0, 0.1) is 12.8 Å². The molecule has 0 saturated carbocycles. The van der Waals surface area contributed by atoms with Crippen molar-refractivity contribution < 1.29 is 4.79 Å². The van der Waals surface area contributed by atoms with E-state index in [2.05, 4.69) is 32.2 Å². The monoisotopic (exact) mass is 219 g/mol. The van der Waals surface area contributed by atoms with Gasteiger partial charge in [-0.1, -0.05) is 38.5 Å². The van der Waals surface area contributed by atoms with Gasteiger partial charge in [-0.15, -0.1) is 0 Å². The van der Waals surface area contributed by atoms with Crippen molar-refractivity contribution in [3.05, 3.63) is 29.8 Å². The number of rotatable bonds is 5. The average molecular weight is 219 g/mol. The first-order valence-corrected chi connectivity index (χ1v) is 5.88. The molecular formula is C14H21NO. The number of Topliss-reactive ketones (excluding diaryl/α,β-unsaturated/α-hetero) is 1. The molecule has 0 fully saturated rings. The van der Waals surface area contributed by atoms with Crippen LogP contribution in [-0.2, 0) is 4.79 Å². The van der Waals surface area contributed by atoms with E-state index in [1.165, 1.54) is 5.56 Å². The molecule has 16 heavy (non-hydrogen) atoms. The summed E-state index contributed by atoms with van der Waals surface area (Å²) in [7, 11) is 0. The van der Waals surface area contributed by atoms with Gasteiger partial charge in [-0.05, 0) is 31.4 Å². The molecule has 2 atom stereocenters. The summed E-state index contributed by atoms with van der Waals surface area (Å²) >= 11 is 0. The van der Waals surface area contributed by atoms with Crippen LogP contribution in [0.15, 0.2) is 24.3 Å². The van der Waals surface area contributed by atoms with E-state index in [-0.39, 0.29) is 11.8 Å². The van der Waals surface area contributed by atoms with Gasteiger partial charge >= 0.3 is 0 Å². The van der Waals surface area contributed by atoms with Gasteiger partial charge in [0.2, 0.25) is 0 Å². The molecule has 88 valence electrons. The van der Waals surface area contributed by atoms with Gasteiger partial charge in [-0.3, -0.25) is 4.79 Å². The molecule has 0 aromatic heterocycles. The number of hydrogen-bond donors (Lipinski definition) is 1. The number of nitrogens with one attached hydrogen (secondary N) is 1. The quantitative estimate of drug-likeness (QED) is 0.822. The second-order valence-corrected chi connectivity index (χ2v) is 4.43. The minimum Gasteiger partial charge on any atom is -0.375 e. The largest absolute Gasteiger partial charge is 0.375 e. The summed E-state index contributed by atoms with van der Waals surface area (Å²) in [6, 6.07) is 7.99. The summed E-state index contributed by atoms with van der Waals surface area (Å²) in [6.07, 6.45) is 1.00. The van der Waals surface area contributed by atoms with Crippen LogP contribution < -0.4 is 5.32 Å². The molecule has 0 saturated heterocycles. The number of carbonyl (C=O) groups is 1. The lowest BCUT2D eigenvalue weighted by Gasteiger charge is -2.23. The summed E-state index contributed by atoms with van der Waals surface area (Å²) in [6.45, 7) is 7.93. The van der Waals surface area contributed by atoms with Crippen LogP contribution in [0.5, 0.6) is 0 Å². The minimum absolute atomic E-state index is 0.0777. The van der Waals surface area contributed by atoms with Crippen LogP contribution in [0.1, 0.15) is 32.8 Å². The Hall–Kier alpha value is -1.31. The Balaban J connectivity index is 2.84. The molecule has 2 heteroatoms. The Morgan fingerprint density at radius 2 is 2.00 bits per heavy atom. The van der Waals surface area contributed by atoms with Gasteiger partial charge in [-0.2, -0.15) is 0 Å². The molecule has 0 bridgehead atoms. The fourth-order valence-electron chi connectivity index (χ4n) is 1.78. The van der Waals surface area contributed by atoms with Gasteiger partial charge in [0.25, 0.3) is 0 Å². The van der Waals surface area contributed by atoms with Crippen LogP contribution in [0.25, 0.3) is 0 Å². The third kappa shape index (κ3) is 3.09. The van der Waals surface area contributed by atoms with E-state index in [0.29, 0.717) is 5.92 Å². The molecule has 0 radical (unpaired) electrons. The predicted molar refractivity (Wildman–Crippen MR) is 68.7 cm³/mol. The molecule has 1 aromatic carbocycles. The second-order valence-electron chi connectivity index (χ2n) is 4.43. The SMILES string of the molecule is CC[C@H](C)C(Nc1ccccc1C)C(C)=O. The van der Waals surface area contributed by atoms with Gasteiger partial charge in [0.05, 0.1) is 6.04 Å². The van der Waals surface area contributed by atoms with E-state index in [1.807, 2.05) is 18.2 Å². The Labute approximate surface area is 98.1 Å². The van der Waals surface area contributed by atoms with Crippen molar-refractivity contribution in [2.75, 3.05) is 5.32 Å². The van der Waals surface area contributed by atoms with Crippen LogP contribution in [0.3, 0.4) is 0 Å². The zero-order valence-electron chi connectivity index (χ0n) is 10.6. The molecule has 1 unspecified atom stereocenters. The molecule has 0 heterocycles. The molecular weight excluding hydrogens is 198 g/mol. The smallest absolute Gasteiger partial charge is 0.152 e. The molecule has 0 aliphatic carbocycles. The first-order valence-electron chi connectivity index (χ1n) is 5.88. The van der Waals surface area contributed by atoms with Crippen molar-refractivity contribution >= 4 is 11.5 Å². The molecule has 0 aliphatic heterocycles. The Kier molecular flexibility index (Phi) is 4.53. The van der Waals surface area contributed by atoms with E-state index in [9.17, 15) is 4.79 Å². The number of anilines is 1. The number of para-hydroxylation sites is 1. The fourth-order valence-corrected chi connectivity index (χ4v) is 1.78. The topological polar surface area (TPSA) is 29.1 Å². The molecule has 1 aromatic rings. The van der Waals surface area contributed by atoms with Crippen molar-refractivity contribution in [1.29, 1.82) is 0 Å². The minimum atomic E-state index is -0.0777. The predicted octanol–water partition coefficient (Wildman–Crippen LogP) is 3.41. The van der Waals surface area contributed by atoms with Crippen molar-refractivity contribution in [1.82, 2.24) is 0 Å². The molecule has 0 amide bonds. The molecule has 1 rings (SSSR count). The highest BCUT2D eigenvalue weighted by atomic mass is 16.1. The van der Waals surface area contributed by atoms with Crippen LogP contribution >= 0.6 is 0 Å². The van der Waals surface area contributed by atoms with Crippen LogP contribution in [0.4, 0.5) is 5.69 Å². The summed E-state index contributed by atoms with van der Waals surface area (Å²) in [4.78, 5) is 11.6. The highest BCUT2D eigenvalue weighted by Crippen LogP contribution is 2.19. The Morgan fingerprint density at radius 3 is 2.50 bits per heavy atom. The summed E-state index contributed by atoms with van der Waals surface area (Å²) in [5.41, 5.74) is 2.24. The number of ketones is 1. The number of hydrogen-bond acceptors (Lipinski definition) is 2. The fraction of sp³-hybridized carbons (Fsp3) is 0.500. The van der Waals surface area contributed by atoms with Gasteiger partial charge in [0.1, 0.15) is 0 Å². The molecule has 0 spiro atoms. The third-order valence-electron chi connectivity index (χ3n) is 3.11. The van der Waals surface area contributed by atoms with E-state index in [1.54, 1.807) is 6.92 Å². The zero-order chi connectivity index (χ0) is 12.1. The molecule has 0 aliphatic rings. The number of carbonyl (C=O) groups excluding carboxylic acids is 1. The van der Waals surface area contributed by atoms with E-state index in [4.69, 9.17) is 0 Å². The lowest BCUT2D eigenvalue weighted by atomic mass is 9.95. The second kappa shape index (κ2) is 5.69. The maximum Gasteiger partial charge on any atom is 0.152 e. The number of benzene rings is 1. The van der Waals surface area contributed by atoms with E-state index < -0.39 is 0 Å². The highest BCUT2D eigenvalue weighted by molar-refractivity contribution is 5.84. The van der Waals surface area contributed by atoms with Crippen molar-refractivity contribution in [2.45, 2.75) is 40.2 Å². The lowest BCUT2D eigenvalue weighted by molar-refractivity contribution is -0.118. The van der Waals surface area contributed by atoms with Gasteiger partial charge in [-0.25, -0.2) is 0 Å². The van der Waals surface area contributed by atoms with Gasteiger partial charge in [0, 0.05) is 5.69 Å². The first kappa shape index (κ1) is 12.8. The lowest BCUT2D eigenvalue weighted by Crippen LogP contribution is -2.34. The maximum atomic E-state index is 11.6. The normalized spacial score (nSPS) is 14.2. The average Bonchev–Trinajstić information content (AvgIpc) is 2.26. The van der Waals surface area contributed by atoms with E-state index >= 15 is 0 Å². The van der Waals surface area contributed by atoms with Crippen molar-refractivity contribution in [2.24, 2.45) is 5.92 Å². The summed E-state index contributed by atoms with van der Waals surface area (Å²) in [5.74, 6) is 0.565. The van der Waals surface area contributed by atoms with Crippen LogP contribution in [0.2, 0.25) is 0 Å². The Bertz CT molecular complexity index is 360. The van der Waals surface area contributed by atoms with E-state index in [0.717, 1.165) is 12.1 Å². The summed E-state index contributed by atoms with van der Waals surface area (Å²) in [5, 5.41) is 3.35. The van der Waals surface area contributed by atoms with Gasteiger partial charge < -0.3 is 5.32 Å².